The molecule has 0 aromatic rings. The number of alkyl halides is 3. The number of rotatable bonds is 6. The van der Waals surface area contributed by atoms with E-state index in [0.29, 0.717) is 19.6 Å². The van der Waals surface area contributed by atoms with Gasteiger partial charge >= 0.3 is 6.18 Å². The van der Waals surface area contributed by atoms with Gasteiger partial charge in [0.15, 0.2) is 5.96 Å². The molecule has 1 aliphatic rings. The van der Waals surface area contributed by atoms with Gasteiger partial charge < -0.3 is 10.6 Å². The highest BCUT2D eigenvalue weighted by Gasteiger charge is 2.34. The Morgan fingerprint density at radius 3 is 2.70 bits per heavy atom. The number of hydrogen-bond acceptors (Lipinski definition) is 2. The second-order valence-corrected chi connectivity index (χ2v) is 5.24. The molecular formula is C13H25F3N4. The molecule has 0 aromatic carbocycles. The lowest BCUT2D eigenvalue weighted by molar-refractivity contribution is -0.143. The van der Waals surface area contributed by atoms with Crippen LogP contribution in [0, 0.1) is 5.92 Å². The van der Waals surface area contributed by atoms with Crippen molar-refractivity contribution >= 4 is 5.96 Å². The maximum atomic E-state index is 12.3. The second-order valence-electron chi connectivity index (χ2n) is 5.24. The van der Waals surface area contributed by atoms with Gasteiger partial charge in [-0.15, -0.1) is 0 Å². The highest BCUT2D eigenvalue weighted by Crippen LogP contribution is 2.22. The summed E-state index contributed by atoms with van der Waals surface area (Å²) in [5, 5.41) is 6.37. The third kappa shape index (κ3) is 6.98. The minimum absolute atomic E-state index is 0.252. The SMILES string of the molecule is CCCCNC(=NC)NCC1CCN(CC(F)(F)F)C1. The maximum absolute atomic E-state index is 12.3. The fraction of sp³-hybridized carbons (Fsp3) is 0.923. The third-order valence-corrected chi connectivity index (χ3v) is 3.38. The summed E-state index contributed by atoms with van der Waals surface area (Å²) in [5.74, 6) is 0.981. The first-order valence-electron chi connectivity index (χ1n) is 7.18. The van der Waals surface area contributed by atoms with Crippen LogP contribution in [0.3, 0.4) is 0 Å². The van der Waals surface area contributed by atoms with E-state index in [1.807, 2.05) is 0 Å². The summed E-state index contributed by atoms with van der Waals surface area (Å²) < 4.78 is 36.9. The Kier molecular flexibility index (Phi) is 7.12. The summed E-state index contributed by atoms with van der Waals surface area (Å²) in [6.45, 7) is 3.87. The molecule has 0 saturated carbocycles. The molecule has 2 N–H and O–H groups in total. The van der Waals surface area contributed by atoms with Gasteiger partial charge in [0.1, 0.15) is 0 Å². The van der Waals surface area contributed by atoms with E-state index in [0.717, 1.165) is 31.8 Å². The van der Waals surface area contributed by atoms with Crippen LogP contribution in [0.4, 0.5) is 13.2 Å². The average Bonchev–Trinajstić information content (AvgIpc) is 2.79. The van der Waals surface area contributed by atoms with Gasteiger partial charge in [0.05, 0.1) is 6.54 Å². The minimum atomic E-state index is -4.10. The van der Waals surface area contributed by atoms with Gasteiger partial charge in [0, 0.05) is 26.7 Å². The van der Waals surface area contributed by atoms with Crippen LogP contribution in [-0.4, -0.2) is 56.8 Å². The van der Waals surface area contributed by atoms with E-state index in [1.54, 1.807) is 7.05 Å². The highest BCUT2D eigenvalue weighted by molar-refractivity contribution is 5.79. The first-order chi connectivity index (χ1) is 9.44. The molecule has 1 aliphatic heterocycles. The fourth-order valence-corrected chi connectivity index (χ4v) is 2.32. The molecule has 1 unspecified atom stereocenters. The van der Waals surface area contributed by atoms with E-state index in [1.165, 1.54) is 4.90 Å². The molecule has 118 valence electrons. The molecule has 0 bridgehead atoms. The topological polar surface area (TPSA) is 39.7 Å². The van der Waals surface area contributed by atoms with E-state index in [9.17, 15) is 13.2 Å². The third-order valence-electron chi connectivity index (χ3n) is 3.38. The molecule has 0 amide bonds. The molecule has 20 heavy (non-hydrogen) atoms. The molecule has 0 aromatic heterocycles. The lowest BCUT2D eigenvalue weighted by Gasteiger charge is -2.18. The summed E-state index contributed by atoms with van der Waals surface area (Å²) in [6.07, 6.45) is -1.11. The van der Waals surface area contributed by atoms with Crippen LogP contribution in [0.1, 0.15) is 26.2 Å². The zero-order valence-electron chi connectivity index (χ0n) is 12.3. The normalized spacial score (nSPS) is 21.2. The number of halogens is 3. The first kappa shape index (κ1) is 17.1. The molecule has 7 heteroatoms. The van der Waals surface area contributed by atoms with Crippen molar-refractivity contribution in [1.82, 2.24) is 15.5 Å². The molecule has 0 spiro atoms. The summed E-state index contributed by atoms with van der Waals surface area (Å²) in [5.41, 5.74) is 0. The van der Waals surface area contributed by atoms with Crippen LogP contribution in [-0.2, 0) is 0 Å². The summed E-state index contributed by atoms with van der Waals surface area (Å²) in [4.78, 5) is 5.57. The van der Waals surface area contributed by atoms with E-state index >= 15 is 0 Å². The molecule has 0 radical (unpaired) electrons. The predicted molar refractivity (Wildman–Crippen MR) is 74.9 cm³/mol. The molecule has 0 aliphatic carbocycles. The highest BCUT2D eigenvalue weighted by atomic mass is 19.4. The van der Waals surface area contributed by atoms with Gasteiger partial charge in [-0.05, 0) is 25.3 Å². The molecule has 1 saturated heterocycles. The smallest absolute Gasteiger partial charge is 0.356 e. The van der Waals surface area contributed by atoms with Crippen LogP contribution in [0.15, 0.2) is 4.99 Å². The van der Waals surface area contributed by atoms with Gasteiger partial charge in [0.25, 0.3) is 0 Å². The van der Waals surface area contributed by atoms with Crippen molar-refractivity contribution in [3.05, 3.63) is 0 Å². The Balaban J connectivity index is 2.22. The Morgan fingerprint density at radius 1 is 1.35 bits per heavy atom. The fourth-order valence-electron chi connectivity index (χ4n) is 2.32. The Morgan fingerprint density at radius 2 is 2.10 bits per heavy atom. The minimum Gasteiger partial charge on any atom is -0.356 e. The van der Waals surface area contributed by atoms with Crippen LogP contribution >= 0.6 is 0 Å². The van der Waals surface area contributed by atoms with Crippen molar-refractivity contribution in [3.8, 4) is 0 Å². The quantitative estimate of drug-likeness (QED) is 0.446. The van der Waals surface area contributed by atoms with E-state index in [2.05, 4.69) is 22.5 Å². The van der Waals surface area contributed by atoms with Gasteiger partial charge in [-0.25, -0.2) is 0 Å². The van der Waals surface area contributed by atoms with E-state index in [4.69, 9.17) is 0 Å². The number of unbranched alkanes of at least 4 members (excludes halogenated alkanes) is 1. The van der Waals surface area contributed by atoms with Crippen LogP contribution < -0.4 is 10.6 Å². The van der Waals surface area contributed by atoms with Crippen LogP contribution in [0.5, 0.6) is 0 Å². The molecule has 1 rings (SSSR count). The summed E-state index contributed by atoms with van der Waals surface area (Å²) >= 11 is 0. The monoisotopic (exact) mass is 294 g/mol. The Labute approximate surface area is 118 Å². The average molecular weight is 294 g/mol. The molecule has 4 nitrogen and oxygen atoms in total. The van der Waals surface area contributed by atoms with Crippen molar-refractivity contribution in [2.24, 2.45) is 10.9 Å². The lowest BCUT2D eigenvalue weighted by Crippen LogP contribution is -2.41. The molecule has 1 atom stereocenters. The maximum Gasteiger partial charge on any atom is 0.401 e. The summed E-state index contributed by atoms with van der Waals surface area (Å²) in [7, 11) is 1.70. The largest absolute Gasteiger partial charge is 0.401 e. The number of nitrogens with one attached hydrogen (secondary N) is 2. The van der Waals surface area contributed by atoms with E-state index < -0.39 is 12.7 Å². The molecular weight excluding hydrogens is 269 g/mol. The van der Waals surface area contributed by atoms with Gasteiger partial charge in [-0.3, -0.25) is 9.89 Å². The van der Waals surface area contributed by atoms with Crippen molar-refractivity contribution in [2.45, 2.75) is 32.4 Å². The van der Waals surface area contributed by atoms with Crippen molar-refractivity contribution in [2.75, 3.05) is 39.8 Å². The molecule has 1 fully saturated rings. The van der Waals surface area contributed by atoms with Gasteiger partial charge in [-0.2, -0.15) is 13.2 Å². The number of guanidine groups is 1. The summed E-state index contributed by atoms with van der Waals surface area (Å²) in [6, 6.07) is 0. The molecule has 1 heterocycles. The zero-order valence-corrected chi connectivity index (χ0v) is 12.3. The standard InChI is InChI=1S/C13H25F3N4/c1-3-4-6-18-12(17-2)19-8-11-5-7-20(9-11)10-13(14,15)16/h11H,3-10H2,1-2H3,(H2,17,18,19). The van der Waals surface area contributed by atoms with Crippen LogP contribution in [0.25, 0.3) is 0 Å². The number of nitrogens with zero attached hydrogens (tertiary/aromatic N) is 2. The van der Waals surface area contributed by atoms with Gasteiger partial charge in [0.2, 0.25) is 0 Å². The van der Waals surface area contributed by atoms with Crippen LogP contribution in [0.2, 0.25) is 0 Å². The predicted octanol–water partition coefficient (Wildman–Crippen LogP) is 1.84. The van der Waals surface area contributed by atoms with Crippen molar-refractivity contribution < 1.29 is 13.2 Å². The second kappa shape index (κ2) is 8.34. The number of hydrogen-bond donors (Lipinski definition) is 2. The van der Waals surface area contributed by atoms with Crippen molar-refractivity contribution in [1.29, 1.82) is 0 Å². The Bertz CT molecular complexity index is 304. The Hall–Kier alpha value is -0.980. The first-order valence-corrected chi connectivity index (χ1v) is 7.18. The lowest BCUT2D eigenvalue weighted by atomic mass is 10.1. The van der Waals surface area contributed by atoms with Gasteiger partial charge in [-0.1, -0.05) is 13.3 Å². The number of aliphatic imine (C=N–C) groups is 1. The van der Waals surface area contributed by atoms with E-state index in [-0.39, 0.29) is 5.92 Å². The van der Waals surface area contributed by atoms with Crippen molar-refractivity contribution in [3.63, 3.8) is 0 Å². The zero-order chi connectivity index (χ0) is 15.0. The number of likely N-dealkylation sites (tertiary alicyclic amines) is 1.